The third-order valence-electron chi connectivity index (χ3n) is 5.04. The fourth-order valence-electron chi connectivity index (χ4n) is 3.25. The molecule has 162 valence electrons. The Morgan fingerprint density at radius 1 is 1.26 bits per heavy atom. The normalized spacial score (nSPS) is 14.1. The molecule has 8 heteroatoms. The molecular weight excluding hydrogens is 414 g/mol. The van der Waals surface area contributed by atoms with Gasteiger partial charge in [-0.3, -0.25) is 4.79 Å². The summed E-state index contributed by atoms with van der Waals surface area (Å²) >= 11 is 1.29. The number of esters is 1. The highest BCUT2D eigenvalue weighted by molar-refractivity contribution is 7.16. The summed E-state index contributed by atoms with van der Waals surface area (Å²) in [5.41, 5.74) is 2.88. The van der Waals surface area contributed by atoms with Crippen LogP contribution in [-0.2, 0) is 14.3 Å². The lowest BCUT2D eigenvalue weighted by Crippen LogP contribution is -2.36. The molecule has 1 aliphatic rings. The van der Waals surface area contributed by atoms with E-state index in [-0.39, 0.29) is 12.2 Å². The second-order valence-electron chi connectivity index (χ2n) is 7.02. The molecule has 1 N–H and O–H groups in total. The summed E-state index contributed by atoms with van der Waals surface area (Å²) in [6.45, 7) is 8.73. The van der Waals surface area contributed by atoms with Crippen LogP contribution in [0.4, 0.5) is 10.7 Å². The van der Waals surface area contributed by atoms with Crippen molar-refractivity contribution in [2.75, 3.05) is 43.1 Å². The van der Waals surface area contributed by atoms with Crippen molar-refractivity contribution >= 4 is 40.0 Å². The Morgan fingerprint density at radius 3 is 2.55 bits per heavy atom. The molecule has 1 aromatic heterocycles. The minimum atomic E-state index is -0.563. The quantitative estimate of drug-likeness (QED) is 0.417. The topological polar surface area (TPSA) is 91.7 Å². The van der Waals surface area contributed by atoms with Crippen LogP contribution in [0.1, 0.15) is 33.3 Å². The number of ether oxygens (including phenoxy) is 2. The molecule has 3 rings (SSSR count). The van der Waals surface area contributed by atoms with Crippen LogP contribution in [0.3, 0.4) is 0 Å². The predicted molar refractivity (Wildman–Crippen MR) is 121 cm³/mol. The van der Waals surface area contributed by atoms with Crippen LogP contribution in [-0.4, -0.2) is 44.8 Å². The SMILES string of the molecule is CCOC(=O)c1c(NC(=O)/C(C#N)=C\c2ccc(N3CCOCC3)cc2)sc(C)c1C. The molecule has 0 bridgehead atoms. The number of rotatable bonds is 6. The molecule has 7 nitrogen and oxygen atoms in total. The Bertz CT molecular complexity index is 1030. The number of hydrogen-bond donors (Lipinski definition) is 1. The van der Waals surface area contributed by atoms with Crippen molar-refractivity contribution in [1.29, 1.82) is 5.26 Å². The lowest BCUT2D eigenvalue weighted by atomic mass is 10.1. The Labute approximate surface area is 185 Å². The van der Waals surface area contributed by atoms with Crippen molar-refractivity contribution in [3.8, 4) is 6.07 Å². The van der Waals surface area contributed by atoms with E-state index in [9.17, 15) is 14.9 Å². The lowest BCUT2D eigenvalue weighted by molar-refractivity contribution is -0.112. The van der Waals surface area contributed by atoms with Gasteiger partial charge in [0.2, 0.25) is 0 Å². The molecule has 0 saturated carbocycles. The van der Waals surface area contributed by atoms with Gasteiger partial charge < -0.3 is 19.7 Å². The second kappa shape index (κ2) is 10.2. The highest BCUT2D eigenvalue weighted by atomic mass is 32.1. The number of benzene rings is 1. The molecule has 0 spiro atoms. The summed E-state index contributed by atoms with van der Waals surface area (Å²) in [6.07, 6.45) is 1.54. The van der Waals surface area contributed by atoms with E-state index >= 15 is 0 Å². The van der Waals surface area contributed by atoms with E-state index < -0.39 is 11.9 Å². The average molecular weight is 440 g/mol. The van der Waals surface area contributed by atoms with Gasteiger partial charge in [-0.25, -0.2) is 4.79 Å². The first-order valence-corrected chi connectivity index (χ1v) is 10.9. The fraction of sp³-hybridized carbons (Fsp3) is 0.348. The third-order valence-corrected chi connectivity index (χ3v) is 6.16. The van der Waals surface area contributed by atoms with Gasteiger partial charge in [0.15, 0.2) is 0 Å². The van der Waals surface area contributed by atoms with E-state index in [1.165, 1.54) is 17.4 Å². The first-order chi connectivity index (χ1) is 14.9. The number of thiophene rings is 1. The van der Waals surface area contributed by atoms with E-state index in [4.69, 9.17) is 9.47 Å². The van der Waals surface area contributed by atoms with Gasteiger partial charge in [0, 0.05) is 23.7 Å². The number of carbonyl (C=O) groups is 2. The highest BCUT2D eigenvalue weighted by Crippen LogP contribution is 2.33. The first-order valence-electron chi connectivity index (χ1n) is 10.1. The Balaban J connectivity index is 1.78. The molecule has 0 atom stereocenters. The summed E-state index contributed by atoms with van der Waals surface area (Å²) < 4.78 is 10.5. The highest BCUT2D eigenvalue weighted by Gasteiger charge is 2.23. The number of aryl methyl sites for hydroxylation is 1. The summed E-state index contributed by atoms with van der Waals surface area (Å²) in [7, 11) is 0. The monoisotopic (exact) mass is 439 g/mol. The van der Waals surface area contributed by atoms with Crippen LogP contribution in [0.2, 0.25) is 0 Å². The maximum atomic E-state index is 12.7. The number of nitriles is 1. The lowest BCUT2D eigenvalue weighted by Gasteiger charge is -2.28. The number of nitrogens with one attached hydrogen (secondary N) is 1. The Kier molecular flexibility index (Phi) is 7.45. The van der Waals surface area contributed by atoms with Crippen molar-refractivity contribution in [3.63, 3.8) is 0 Å². The van der Waals surface area contributed by atoms with Gasteiger partial charge in [-0.2, -0.15) is 5.26 Å². The van der Waals surface area contributed by atoms with E-state index in [2.05, 4.69) is 10.2 Å². The smallest absolute Gasteiger partial charge is 0.341 e. The molecule has 0 radical (unpaired) electrons. The standard InChI is InChI=1S/C23H25N3O4S/c1-4-30-23(28)20-15(2)16(3)31-22(20)25-21(27)18(14-24)13-17-5-7-19(8-6-17)26-9-11-29-12-10-26/h5-8,13H,4,9-12H2,1-3H3,(H,25,27)/b18-13-. The maximum Gasteiger partial charge on any atom is 0.341 e. The number of hydrogen-bond acceptors (Lipinski definition) is 7. The summed E-state index contributed by atoms with van der Waals surface area (Å²) in [5, 5.41) is 12.6. The predicted octanol–water partition coefficient (Wildman–Crippen LogP) is 3.92. The van der Waals surface area contributed by atoms with Crippen molar-refractivity contribution < 1.29 is 19.1 Å². The Morgan fingerprint density at radius 2 is 1.94 bits per heavy atom. The zero-order valence-electron chi connectivity index (χ0n) is 17.9. The zero-order chi connectivity index (χ0) is 22.4. The zero-order valence-corrected chi connectivity index (χ0v) is 18.7. The van der Waals surface area contributed by atoms with Crippen molar-refractivity contribution in [1.82, 2.24) is 0 Å². The van der Waals surface area contributed by atoms with Gasteiger partial charge in [0.1, 0.15) is 16.6 Å². The molecule has 0 unspecified atom stereocenters. The largest absolute Gasteiger partial charge is 0.462 e. The van der Waals surface area contributed by atoms with Gasteiger partial charge in [0.05, 0.1) is 25.4 Å². The van der Waals surface area contributed by atoms with Gasteiger partial charge in [0.25, 0.3) is 5.91 Å². The van der Waals surface area contributed by atoms with Crippen molar-refractivity contribution in [2.24, 2.45) is 0 Å². The van der Waals surface area contributed by atoms with Gasteiger partial charge in [-0.15, -0.1) is 11.3 Å². The van der Waals surface area contributed by atoms with Crippen LogP contribution in [0.15, 0.2) is 29.8 Å². The van der Waals surface area contributed by atoms with Gasteiger partial charge >= 0.3 is 5.97 Å². The van der Waals surface area contributed by atoms with Crippen LogP contribution in [0, 0.1) is 25.2 Å². The number of anilines is 2. The van der Waals surface area contributed by atoms with Crippen LogP contribution >= 0.6 is 11.3 Å². The summed E-state index contributed by atoms with van der Waals surface area (Å²) in [4.78, 5) is 28.2. The van der Waals surface area contributed by atoms with Gasteiger partial charge in [-0.1, -0.05) is 12.1 Å². The van der Waals surface area contributed by atoms with E-state index in [1.54, 1.807) is 6.92 Å². The molecule has 1 aromatic carbocycles. The molecule has 1 fully saturated rings. The number of morpholine rings is 1. The van der Waals surface area contributed by atoms with Crippen molar-refractivity contribution in [3.05, 3.63) is 51.4 Å². The molecule has 1 amide bonds. The van der Waals surface area contributed by atoms with Crippen LogP contribution in [0.25, 0.3) is 6.08 Å². The molecule has 31 heavy (non-hydrogen) atoms. The first kappa shape index (κ1) is 22.5. The van der Waals surface area contributed by atoms with Gasteiger partial charge in [-0.05, 0) is 50.1 Å². The molecular formula is C23H25N3O4S. The minimum absolute atomic E-state index is 0.0439. The average Bonchev–Trinajstić information content (AvgIpc) is 3.06. The van der Waals surface area contributed by atoms with E-state index in [0.717, 1.165) is 34.8 Å². The second-order valence-corrected chi connectivity index (χ2v) is 8.25. The van der Waals surface area contributed by atoms with Crippen LogP contribution in [0.5, 0.6) is 0 Å². The summed E-state index contributed by atoms with van der Waals surface area (Å²) in [6, 6.07) is 9.64. The number of nitrogens with zero attached hydrogens (tertiary/aromatic N) is 2. The molecule has 2 aromatic rings. The third kappa shape index (κ3) is 5.32. The molecule has 1 aliphatic heterocycles. The maximum absolute atomic E-state index is 12.7. The molecule has 2 heterocycles. The Hall–Kier alpha value is -3.15. The van der Waals surface area contributed by atoms with E-state index in [1.807, 2.05) is 44.2 Å². The molecule has 1 saturated heterocycles. The van der Waals surface area contributed by atoms with Crippen LogP contribution < -0.4 is 10.2 Å². The fourth-order valence-corrected chi connectivity index (χ4v) is 4.30. The van der Waals surface area contributed by atoms with Crippen molar-refractivity contribution in [2.45, 2.75) is 20.8 Å². The number of carbonyl (C=O) groups excluding carboxylic acids is 2. The van der Waals surface area contributed by atoms with E-state index in [0.29, 0.717) is 23.8 Å². The summed E-state index contributed by atoms with van der Waals surface area (Å²) in [5.74, 6) is -1.05. The number of amides is 1. The molecule has 0 aliphatic carbocycles. The minimum Gasteiger partial charge on any atom is -0.462 e.